The van der Waals surface area contributed by atoms with E-state index in [1.165, 1.54) is 9.58 Å². The van der Waals surface area contributed by atoms with Crippen LogP contribution in [0, 0.1) is 13.8 Å². The molecule has 0 aliphatic carbocycles. The zero-order valence-electron chi connectivity index (χ0n) is 17.1. The van der Waals surface area contributed by atoms with Crippen molar-refractivity contribution in [3.05, 3.63) is 52.0 Å². The molecule has 2 N–H and O–H groups in total. The van der Waals surface area contributed by atoms with Crippen LogP contribution in [-0.2, 0) is 11.3 Å². The van der Waals surface area contributed by atoms with Gasteiger partial charge < -0.3 is 15.0 Å². The smallest absolute Gasteiger partial charge is 0.272 e. The number of H-pyrrole nitrogens is 1. The summed E-state index contributed by atoms with van der Waals surface area (Å²) < 4.78 is 6.64. The van der Waals surface area contributed by atoms with Gasteiger partial charge in [0, 0.05) is 35.8 Å². The standard InChI is InChI=1S/C20H23N3O2S.C2H6/c1-13-5-3-4-6-16(13)22-20(24)18-15(12-23-7-9-25-10-8-23)19-17(21-18)11-14(2)26-19;1-2/h3-6,11,21H,7-10,12H2,1-2H3,(H,22,24);1-2H3. The van der Waals surface area contributed by atoms with Crippen LogP contribution in [0.5, 0.6) is 0 Å². The number of anilines is 1. The lowest BCUT2D eigenvalue weighted by atomic mass is 10.1. The second-order valence-corrected chi connectivity index (χ2v) is 7.99. The number of nitrogens with zero attached hydrogens (tertiary/aromatic N) is 1. The van der Waals surface area contributed by atoms with Gasteiger partial charge in [0.2, 0.25) is 0 Å². The second kappa shape index (κ2) is 9.37. The number of benzene rings is 1. The van der Waals surface area contributed by atoms with Gasteiger partial charge in [-0.05, 0) is 31.5 Å². The molecule has 0 spiro atoms. The van der Waals surface area contributed by atoms with Crippen molar-refractivity contribution in [2.75, 3.05) is 31.6 Å². The van der Waals surface area contributed by atoms with E-state index in [0.717, 1.165) is 55.2 Å². The molecule has 0 radical (unpaired) electrons. The van der Waals surface area contributed by atoms with Crippen LogP contribution in [0.1, 0.15) is 40.3 Å². The highest BCUT2D eigenvalue weighted by Gasteiger charge is 2.22. The Morgan fingerprint density at radius 2 is 1.93 bits per heavy atom. The Labute approximate surface area is 170 Å². The van der Waals surface area contributed by atoms with Crippen molar-refractivity contribution < 1.29 is 9.53 Å². The molecule has 1 saturated heterocycles. The number of amides is 1. The van der Waals surface area contributed by atoms with Crippen LogP contribution < -0.4 is 5.32 Å². The molecular weight excluding hydrogens is 370 g/mol. The number of carbonyl (C=O) groups excluding carboxylic acids is 1. The molecule has 1 amide bonds. The SMILES string of the molecule is CC.Cc1cc2[nH]c(C(=O)Nc3ccccc3C)c(CN3CCOCC3)c2s1. The van der Waals surface area contributed by atoms with Crippen LogP contribution in [0.2, 0.25) is 0 Å². The van der Waals surface area contributed by atoms with Crippen molar-refractivity contribution in [2.45, 2.75) is 34.2 Å². The van der Waals surface area contributed by atoms with E-state index in [1.54, 1.807) is 11.3 Å². The van der Waals surface area contributed by atoms with Crippen molar-refractivity contribution in [2.24, 2.45) is 0 Å². The summed E-state index contributed by atoms with van der Waals surface area (Å²) in [5.41, 5.74) is 4.71. The Kier molecular flexibility index (Phi) is 6.88. The third-order valence-corrected chi connectivity index (χ3v) is 5.91. The van der Waals surface area contributed by atoms with E-state index in [9.17, 15) is 4.79 Å². The highest BCUT2D eigenvalue weighted by molar-refractivity contribution is 7.19. The molecule has 2 aromatic heterocycles. The Morgan fingerprint density at radius 1 is 1.21 bits per heavy atom. The zero-order valence-corrected chi connectivity index (χ0v) is 17.9. The van der Waals surface area contributed by atoms with Gasteiger partial charge in [-0.1, -0.05) is 32.0 Å². The number of ether oxygens (including phenoxy) is 1. The fourth-order valence-electron chi connectivity index (χ4n) is 3.38. The van der Waals surface area contributed by atoms with Crippen molar-refractivity contribution in [1.29, 1.82) is 0 Å². The number of hydrogen-bond acceptors (Lipinski definition) is 4. The van der Waals surface area contributed by atoms with Gasteiger partial charge in [0.15, 0.2) is 0 Å². The van der Waals surface area contributed by atoms with Gasteiger partial charge in [-0.15, -0.1) is 11.3 Å². The van der Waals surface area contributed by atoms with Gasteiger partial charge in [-0.25, -0.2) is 0 Å². The molecule has 1 aliphatic rings. The van der Waals surface area contributed by atoms with Gasteiger partial charge in [0.25, 0.3) is 5.91 Å². The van der Waals surface area contributed by atoms with Crippen molar-refractivity contribution in [3.63, 3.8) is 0 Å². The monoisotopic (exact) mass is 399 g/mol. The van der Waals surface area contributed by atoms with E-state index in [4.69, 9.17) is 4.74 Å². The maximum atomic E-state index is 13.0. The molecule has 28 heavy (non-hydrogen) atoms. The van der Waals surface area contributed by atoms with Crippen LogP contribution in [-0.4, -0.2) is 42.1 Å². The first-order chi connectivity index (χ1) is 13.6. The summed E-state index contributed by atoms with van der Waals surface area (Å²) in [4.78, 5) is 20.0. The molecule has 0 saturated carbocycles. The molecule has 4 rings (SSSR count). The molecule has 150 valence electrons. The minimum Gasteiger partial charge on any atom is -0.379 e. The maximum Gasteiger partial charge on any atom is 0.272 e. The lowest BCUT2D eigenvalue weighted by Crippen LogP contribution is -2.36. The van der Waals surface area contributed by atoms with Crippen molar-refractivity contribution in [3.8, 4) is 0 Å². The predicted molar refractivity (Wildman–Crippen MR) is 117 cm³/mol. The highest BCUT2D eigenvalue weighted by Crippen LogP contribution is 2.32. The Morgan fingerprint density at radius 3 is 2.64 bits per heavy atom. The molecule has 0 atom stereocenters. The van der Waals surface area contributed by atoms with E-state index in [-0.39, 0.29) is 5.91 Å². The van der Waals surface area contributed by atoms with Crippen molar-refractivity contribution >= 4 is 33.1 Å². The number of thiophene rings is 1. The minimum absolute atomic E-state index is 0.0800. The average Bonchev–Trinajstić information content (AvgIpc) is 3.23. The zero-order chi connectivity index (χ0) is 20.1. The topological polar surface area (TPSA) is 57.4 Å². The first-order valence-corrected chi connectivity index (χ1v) is 10.7. The van der Waals surface area contributed by atoms with Crippen LogP contribution >= 0.6 is 11.3 Å². The number of aromatic amines is 1. The Balaban J connectivity index is 0.00000109. The number of rotatable bonds is 4. The lowest BCUT2D eigenvalue weighted by molar-refractivity contribution is 0.0343. The summed E-state index contributed by atoms with van der Waals surface area (Å²) in [5.74, 6) is -0.0800. The molecule has 0 bridgehead atoms. The van der Waals surface area contributed by atoms with Gasteiger partial charge in [-0.2, -0.15) is 0 Å². The normalized spacial score (nSPS) is 14.6. The summed E-state index contributed by atoms with van der Waals surface area (Å²) >= 11 is 1.75. The molecule has 0 unspecified atom stereocenters. The van der Waals surface area contributed by atoms with Gasteiger partial charge in [0.1, 0.15) is 5.69 Å². The molecule has 6 heteroatoms. The molecule has 3 heterocycles. The maximum absolute atomic E-state index is 13.0. The van der Waals surface area contributed by atoms with Gasteiger partial charge in [0.05, 0.1) is 23.4 Å². The van der Waals surface area contributed by atoms with Crippen LogP contribution in [0.4, 0.5) is 5.69 Å². The number of nitrogens with one attached hydrogen (secondary N) is 2. The number of carbonyl (C=O) groups is 1. The number of fused-ring (bicyclic) bond motifs is 1. The van der Waals surface area contributed by atoms with E-state index in [2.05, 4.69) is 28.2 Å². The Bertz CT molecular complexity index is 939. The number of hydrogen-bond donors (Lipinski definition) is 2. The van der Waals surface area contributed by atoms with E-state index < -0.39 is 0 Å². The number of morpholine rings is 1. The fourth-order valence-corrected chi connectivity index (χ4v) is 4.39. The molecule has 1 aliphatic heterocycles. The lowest BCUT2D eigenvalue weighted by Gasteiger charge is -2.26. The number of para-hydroxylation sites is 1. The van der Waals surface area contributed by atoms with Gasteiger partial charge in [-0.3, -0.25) is 9.69 Å². The highest BCUT2D eigenvalue weighted by atomic mass is 32.1. The van der Waals surface area contributed by atoms with E-state index >= 15 is 0 Å². The van der Waals surface area contributed by atoms with Crippen LogP contribution in [0.15, 0.2) is 30.3 Å². The predicted octanol–water partition coefficient (Wildman–Crippen LogP) is 4.96. The first kappa shape index (κ1) is 20.6. The van der Waals surface area contributed by atoms with Crippen molar-refractivity contribution in [1.82, 2.24) is 9.88 Å². The molecule has 1 fully saturated rings. The van der Waals surface area contributed by atoms with Gasteiger partial charge >= 0.3 is 0 Å². The summed E-state index contributed by atoms with van der Waals surface area (Å²) in [5, 5.41) is 3.06. The number of aromatic nitrogens is 1. The van der Waals surface area contributed by atoms with Crippen LogP contribution in [0.3, 0.4) is 0 Å². The van der Waals surface area contributed by atoms with Crippen LogP contribution in [0.25, 0.3) is 10.2 Å². The number of aryl methyl sites for hydroxylation is 2. The van der Waals surface area contributed by atoms with E-state index in [0.29, 0.717) is 5.69 Å². The largest absolute Gasteiger partial charge is 0.379 e. The third-order valence-electron chi connectivity index (χ3n) is 4.80. The quantitative estimate of drug-likeness (QED) is 0.652. The first-order valence-electron chi connectivity index (χ1n) is 9.90. The molecule has 1 aromatic carbocycles. The fraction of sp³-hybridized carbons (Fsp3) is 0.409. The minimum atomic E-state index is -0.0800. The summed E-state index contributed by atoms with van der Waals surface area (Å²) in [7, 11) is 0. The van der Waals surface area contributed by atoms with E-state index in [1.807, 2.05) is 45.0 Å². The Hall–Kier alpha value is -2.15. The summed E-state index contributed by atoms with van der Waals surface area (Å²) in [6, 6.07) is 9.97. The summed E-state index contributed by atoms with van der Waals surface area (Å²) in [6.07, 6.45) is 0. The molecule has 5 nitrogen and oxygen atoms in total. The third kappa shape index (κ3) is 4.46. The second-order valence-electron chi connectivity index (χ2n) is 6.74. The summed E-state index contributed by atoms with van der Waals surface area (Å²) in [6.45, 7) is 12.2. The molecular formula is C22H29N3O2S. The molecule has 3 aromatic rings. The average molecular weight is 400 g/mol.